The molecule has 3 heterocycles. The number of fused-ring (bicyclic) bond motifs is 1. The van der Waals surface area contributed by atoms with Crippen LogP contribution in [0.5, 0.6) is 0 Å². The zero-order chi connectivity index (χ0) is 23.9. The van der Waals surface area contributed by atoms with E-state index in [4.69, 9.17) is 0 Å². The fourth-order valence-electron chi connectivity index (χ4n) is 4.16. The Morgan fingerprint density at radius 2 is 1.50 bits per heavy atom. The molecule has 176 valence electrons. The lowest BCUT2D eigenvalue weighted by Gasteiger charge is -2.35. The lowest BCUT2D eigenvalue weighted by Crippen LogP contribution is -2.52. The van der Waals surface area contributed by atoms with Crippen LogP contribution in [0.2, 0.25) is 0 Å². The van der Waals surface area contributed by atoms with Crippen LogP contribution < -0.4 is 0 Å². The van der Waals surface area contributed by atoms with E-state index in [-0.39, 0.29) is 31.2 Å². The molecule has 34 heavy (non-hydrogen) atoms. The van der Waals surface area contributed by atoms with Crippen LogP contribution >= 0.6 is 11.3 Å². The molecule has 0 saturated carbocycles. The molecule has 2 aliphatic rings. The summed E-state index contributed by atoms with van der Waals surface area (Å²) in [4.78, 5) is 42.2. The molecule has 0 radical (unpaired) electrons. The van der Waals surface area contributed by atoms with Crippen LogP contribution in [-0.2, 0) is 26.2 Å². The van der Waals surface area contributed by atoms with Gasteiger partial charge in [-0.1, -0.05) is 36.4 Å². The third kappa shape index (κ3) is 4.11. The first-order valence-electron chi connectivity index (χ1n) is 10.8. The normalized spacial score (nSPS) is 18.4. The van der Waals surface area contributed by atoms with Crippen LogP contribution in [0.25, 0.3) is 10.8 Å². The Labute approximate surface area is 200 Å². The van der Waals surface area contributed by atoms with E-state index >= 15 is 0 Å². The summed E-state index contributed by atoms with van der Waals surface area (Å²) in [6.45, 7) is 1.13. The molecular weight excluding hydrogens is 476 g/mol. The molecule has 0 bridgehead atoms. The molecule has 9 nitrogen and oxygen atoms in total. The number of thiophene rings is 1. The van der Waals surface area contributed by atoms with Crippen molar-refractivity contribution >= 4 is 50.0 Å². The van der Waals surface area contributed by atoms with Gasteiger partial charge in [0.25, 0.3) is 0 Å². The Morgan fingerprint density at radius 3 is 2.21 bits per heavy atom. The first-order chi connectivity index (χ1) is 16.3. The number of carbonyl (C=O) groups is 3. The maximum Gasteiger partial charge on any atom is 0.335 e. The predicted octanol–water partition coefficient (Wildman–Crippen LogP) is 2.16. The second-order valence-electron chi connectivity index (χ2n) is 8.16. The van der Waals surface area contributed by atoms with Gasteiger partial charge >= 0.3 is 17.8 Å². The number of rotatable bonds is 6. The molecule has 0 atom stereocenters. The van der Waals surface area contributed by atoms with Gasteiger partial charge in [0.1, 0.15) is 0 Å². The molecule has 0 aliphatic carbocycles. The number of nitrogens with zero attached hydrogens (tertiary/aromatic N) is 4. The Hall–Kier alpha value is -3.12. The minimum atomic E-state index is -3.67. The van der Waals surface area contributed by atoms with Crippen LogP contribution in [-0.4, -0.2) is 78.1 Å². The van der Waals surface area contributed by atoms with E-state index in [0.29, 0.717) is 13.1 Å². The molecule has 2 aromatic carbocycles. The number of hydrogen-bond acceptors (Lipinski definition) is 7. The Kier molecular flexibility index (Phi) is 5.94. The third-order valence-electron chi connectivity index (χ3n) is 6.06. The lowest BCUT2D eigenvalue weighted by molar-refractivity contribution is -0.144. The van der Waals surface area contributed by atoms with E-state index in [0.717, 1.165) is 25.4 Å². The van der Waals surface area contributed by atoms with Crippen molar-refractivity contribution in [2.45, 2.75) is 11.4 Å². The van der Waals surface area contributed by atoms with Gasteiger partial charge in [0.15, 0.2) is 0 Å². The van der Waals surface area contributed by atoms with E-state index < -0.39 is 27.9 Å². The molecule has 0 N–H and O–H groups in total. The van der Waals surface area contributed by atoms with E-state index in [9.17, 15) is 22.8 Å². The molecule has 3 aromatic rings. The van der Waals surface area contributed by atoms with E-state index in [2.05, 4.69) is 0 Å². The summed E-state index contributed by atoms with van der Waals surface area (Å²) in [5.41, 5.74) is 0. The smallest absolute Gasteiger partial charge is 0.283 e. The van der Waals surface area contributed by atoms with E-state index in [1.807, 2.05) is 40.6 Å². The number of benzene rings is 2. The third-order valence-corrected chi connectivity index (χ3v) is 8.82. The monoisotopic (exact) mass is 498 g/mol. The van der Waals surface area contributed by atoms with Gasteiger partial charge in [0.2, 0.25) is 10.0 Å². The summed E-state index contributed by atoms with van der Waals surface area (Å²) in [6, 6.07) is 15.6. The van der Waals surface area contributed by atoms with Gasteiger partial charge in [-0.15, -0.1) is 11.3 Å². The zero-order valence-corrected chi connectivity index (χ0v) is 19.8. The van der Waals surface area contributed by atoms with Crippen molar-refractivity contribution in [3.8, 4) is 0 Å². The second-order valence-corrected chi connectivity index (χ2v) is 11.1. The van der Waals surface area contributed by atoms with Gasteiger partial charge < -0.3 is 0 Å². The highest BCUT2D eigenvalue weighted by Crippen LogP contribution is 2.24. The van der Waals surface area contributed by atoms with Crippen molar-refractivity contribution in [3.05, 3.63) is 64.9 Å². The lowest BCUT2D eigenvalue weighted by atomic mass is 10.1. The van der Waals surface area contributed by atoms with Gasteiger partial charge in [-0.25, -0.2) is 18.1 Å². The Balaban J connectivity index is 1.23. The largest absolute Gasteiger partial charge is 0.335 e. The summed E-state index contributed by atoms with van der Waals surface area (Å²) in [5.74, 6) is -1.69. The highest BCUT2D eigenvalue weighted by Gasteiger charge is 2.45. The second kappa shape index (κ2) is 8.91. The summed E-state index contributed by atoms with van der Waals surface area (Å²) in [5, 5.41) is 3.66. The summed E-state index contributed by atoms with van der Waals surface area (Å²) in [7, 11) is -3.67. The average Bonchev–Trinajstić information content (AvgIpc) is 3.43. The fourth-order valence-corrected chi connectivity index (χ4v) is 6.31. The fraction of sp³-hybridized carbons (Fsp3) is 0.261. The minimum absolute atomic E-state index is 0.0474. The zero-order valence-electron chi connectivity index (χ0n) is 18.2. The minimum Gasteiger partial charge on any atom is -0.283 e. The van der Waals surface area contributed by atoms with Gasteiger partial charge in [0, 0.05) is 31.1 Å². The molecule has 1 aromatic heterocycles. The van der Waals surface area contributed by atoms with Crippen molar-refractivity contribution in [3.63, 3.8) is 0 Å². The van der Waals surface area contributed by atoms with Gasteiger partial charge in [-0.05, 0) is 34.4 Å². The highest BCUT2D eigenvalue weighted by molar-refractivity contribution is 7.89. The predicted molar refractivity (Wildman–Crippen MR) is 126 cm³/mol. The average molecular weight is 499 g/mol. The molecule has 11 heteroatoms. The molecule has 0 unspecified atom stereocenters. The number of amides is 4. The summed E-state index contributed by atoms with van der Waals surface area (Å²) >= 11 is 1.40. The quantitative estimate of drug-likeness (QED) is 0.382. The van der Waals surface area contributed by atoms with Crippen LogP contribution in [0.3, 0.4) is 0 Å². The maximum absolute atomic E-state index is 13.2. The molecular formula is C23H22N4O5S2. The van der Waals surface area contributed by atoms with E-state index in [1.165, 1.54) is 15.6 Å². The number of carbonyl (C=O) groups excluding carboxylic acids is 3. The Morgan fingerprint density at radius 1 is 0.794 bits per heavy atom. The number of imide groups is 2. The van der Waals surface area contributed by atoms with Crippen LogP contribution in [0.4, 0.5) is 4.79 Å². The van der Waals surface area contributed by atoms with Crippen molar-refractivity contribution in [2.75, 3.05) is 32.8 Å². The molecule has 0 spiro atoms. The number of hydrogen-bond donors (Lipinski definition) is 0. The number of sulfonamides is 1. The first kappa shape index (κ1) is 22.7. The summed E-state index contributed by atoms with van der Waals surface area (Å²) in [6.07, 6.45) is 0. The molecule has 2 fully saturated rings. The number of urea groups is 1. The molecule has 2 saturated heterocycles. The maximum atomic E-state index is 13.2. The molecule has 5 rings (SSSR count). The standard InChI is InChI=1S/C23H22N4O5S2/c28-21-22(29)27(23(30)26(21)15-19-6-3-13-33-19)16-24-9-11-25(12-10-24)34(31,32)20-8-7-17-4-1-2-5-18(17)14-20/h1-8,13-14H,9-12,15-16H2. The summed E-state index contributed by atoms with van der Waals surface area (Å²) < 4.78 is 27.7. The van der Waals surface area contributed by atoms with Crippen molar-refractivity contribution in [1.82, 2.24) is 19.0 Å². The van der Waals surface area contributed by atoms with Crippen molar-refractivity contribution in [2.24, 2.45) is 0 Å². The topological polar surface area (TPSA) is 98.3 Å². The van der Waals surface area contributed by atoms with Crippen molar-refractivity contribution in [1.29, 1.82) is 0 Å². The van der Waals surface area contributed by atoms with Crippen LogP contribution in [0.1, 0.15) is 4.88 Å². The molecule has 4 amide bonds. The van der Waals surface area contributed by atoms with Gasteiger partial charge in [-0.2, -0.15) is 4.31 Å². The van der Waals surface area contributed by atoms with Gasteiger partial charge in [-0.3, -0.25) is 19.4 Å². The highest BCUT2D eigenvalue weighted by atomic mass is 32.2. The Bertz CT molecular complexity index is 1370. The van der Waals surface area contributed by atoms with Crippen molar-refractivity contribution < 1.29 is 22.8 Å². The first-order valence-corrected chi connectivity index (χ1v) is 13.1. The van der Waals surface area contributed by atoms with Crippen LogP contribution in [0.15, 0.2) is 64.9 Å². The molecule has 2 aliphatic heterocycles. The van der Waals surface area contributed by atoms with Crippen LogP contribution in [0, 0.1) is 0 Å². The van der Waals surface area contributed by atoms with Gasteiger partial charge in [0.05, 0.1) is 18.1 Å². The number of piperazine rings is 1. The SMILES string of the molecule is O=C1C(=O)N(CN2CCN(S(=O)(=O)c3ccc4ccccc4c3)CC2)C(=O)N1Cc1cccs1. The van der Waals surface area contributed by atoms with E-state index in [1.54, 1.807) is 24.3 Å².